The third-order valence-electron chi connectivity index (χ3n) is 5.10. The molecule has 0 radical (unpaired) electrons. The predicted molar refractivity (Wildman–Crippen MR) is 111 cm³/mol. The highest BCUT2D eigenvalue weighted by atomic mass is 19.1. The first-order chi connectivity index (χ1) is 14.6. The van der Waals surface area contributed by atoms with E-state index in [0.29, 0.717) is 30.8 Å². The first kappa shape index (κ1) is 22.8. The molecular weight excluding hydrogens is 407 g/mol. The molecule has 0 aliphatic carbocycles. The summed E-state index contributed by atoms with van der Waals surface area (Å²) in [6, 6.07) is 2.13. The van der Waals surface area contributed by atoms with E-state index in [4.69, 9.17) is 9.47 Å². The van der Waals surface area contributed by atoms with Gasteiger partial charge in [0.05, 0.1) is 18.8 Å². The molecule has 0 bridgehead atoms. The molecule has 170 valence electrons. The SMILES string of the molecule is COc1c(NC2CCC(=O)NC2=O)ccc(C2CN(C(=O)OC(C)(C)C)CCN2)c1F. The lowest BCUT2D eigenvalue weighted by Gasteiger charge is -2.35. The molecule has 3 amide bonds. The summed E-state index contributed by atoms with van der Waals surface area (Å²) in [5.74, 6) is -1.39. The van der Waals surface area contributed by atoms with Gasteiger partial charge in [-0.05, 0) is 33.3 Å². The Morgan fingerprint density at radius 2 is 2.03 bits per heavy atom. The zero-order valence-electron chi connectivity index (χ0n) is 18.2. The fourth-order valence-electron chi connectivity index (χ4n) is 3.62. The molecule has 2 heterocycles. The Balaban J connectivity index is 1.77. The number of anilines is 1. The van der Waals surface area contributed by atoms with Crippen molar-refractivity contribution < 1.29 is 28.2 Å². The summed E-state index contributed by atoms with van der Waals surface area (Å²) < 4.78 is 26.0. The molecule has 2 fully saturated rings. The van der Waals surface area contributed by atoms with Gasteiger partial charge in [-0.2, -0.15) is 0 Å². The van der Waals surface area contributed by atoms with Crippen LogP contribution in [0.2, 0.25) is 0 Å². The van der Waals surface area contributed by atoms with Gasteiger partial charge in [-0.3, -0.25) is 14.9 Å². The van der Waals surface area contributed by atoms with Crippen molar-refractivity contribution in [3.8, 4) is 5.75 Å². The normalized spacial score (nSPS) is 22.0. The van der Waals surface area contributed by atoms with E-state index in [1.807, 2.05) is 0 Å². The van der Waals surface area contributed by atoms with E-state index in [9.17, 15) is 14.4 Å². The number of amides is 3. The van der Waals surface area contributed by atoms with E-state index in [2.05, 4.69) is 16.0 Å². The summed E-state index contributed by atoms with van der Waals surface area (Å²) in [5, 5.41) is 8.44. The van der Waals surface area contributed by atoms with Gasteiger partial charge in [0.25, 0.3) is 0 Å². The summed E-state index contributed by atoms with van der Waals surface area (Å²) in [6.45, 7) is 6.58. The molecule has 1 aromatic carbocycles. The number of carbonyl (C=O) groups is 3. The van der Waals surface area contributed by atoms with Gasteiger partial charge in [0.1, 0.15) is 11.6 Å². The molecule has 3 rings (SSSR count). The molecule has 31 heavy (non-hydrogen) atoms. The molecule has 9 nitrogen and oxygen atoms in total. The maximum absolute atomic E-state index is 15.3. The Labute approximate surface area is 180 Å². The Kier molecular flexibility index (Phi) is 6.68. The average molecular weight is 436 g/mol. The van der Waals surface area contributed by atoms with Gasteiger partial charge in [0, 0.05) is 31.6 Å². The highest BCUT2D eigenvalue weighted by Crippen LogP contribution is 2.34. The largest absolute Gasteiger partial charge is 0.492 e. The number of hydrogen-bond donors (Lipinski definition) is 3. The van der Waals surface area contributed by atoms with E-state index in [1.165, 1.54) is 7.11 Å². The van der Waals surface area contributed by atoms with Crippen LogP contribution in [0.3, 0.4) is 0 Å². The Morgan fingerprint density at radius 1 is 1.29 bits per heavy atom. The Morgan fingerprint density at radius 3 is 2.68 bits per heavy atom. The van der Waals surface area contributed by atoms with Crippen molar-refractivity contribution in [3.05, 3.63) is 23.5 Å². The smallest absolute Gasteiger partial charge is 0.410 e. The van der Waals surface area contributed by atoms with Gasteiger partial charge >= 0.3 is 6.09 Å². The van der Waals surface area contributed by atoms with Crippen molar-refractivity contribution in [2.24, 2.45) is 0 Å². The Bertz CT molecular complexity index is 870. The minimum Gasteiger partial charge on any atom is -0.492 e. The van der Waals surface area contributed by atoms with Gasteiger partial charge in [-0.25, -0.2) is 9.18 Å². The van der Waals surface area contributed by atoms with Gasteiger partial charge < -0.3 is 25.0 Å². The van der Waals surface area contributed by atoms with Gasteiger partial charge in [-0.1, -0.05) is 6.07 Å². The number of hydrogen-bond acceptors (Lipinski definition) is 7. The molecule has 10 heteroatoms. The van der Waals surface area contributed by atoms with E-state index in [1.54, 1.807) is 37.8 Å². The zero-order valence-corrected chi connectivity index (χ0v) is 18.2. The van der Waals surface area contributed by atoms with Crippen LogP contribution in [0, 0.1) is 5.82 Å². The van der Waals surface area contributed by atoms with E-state index >= 15 is 4.39 Å². The van der Waals surface area contributed by atoms with E-state index in [-0.39, 0.29) is 24.6 Å². The molecule has 2 saturated heterocycles. The fraction of sp³-hybridized carbons (Fsp3) is 0.571. The molecular formula is C21H29FN4O5. The first-order valence-corrected chi connectivity index (χ1v) is 10.3. The van der Waals surface area contributed by atoms with Crippen molar-refractivity contribution in [2.45, 2.75) is 51.3 Å². The van der Waals surface area contributed by atoms with Crippen LogP contribution >= 0.6 is 0 Å². The number of nitrogens with one attached hydrogen (secondary N) is 3. The molecule has 0 saturated carbocycles. The molecule has 2 atom stereocenters. The van der Waals surface area contributed by atoms with Crippen LogP contribution < -0.4 is 20.7 Å². The fourth-order valence-corrected chi connectivity index (χ4v) is 3.62. The number of carbonyl (C=O) groups excluding carboxylic acids is 3. The van der Waals surface area contributed by atoms with Crippen LogP contribution in [-0.2, 0) is 14.3 Å². The maximum atomic E-state index is 15.3. The van der Waals surface area contributed by atoms with Crippen LogP contribution in [0.1, 0.15) is 45.2 Å². The average Bonchev–Trinajstić information content (AvgIpc) is 2.69. The van der Waals surface area contributed by atoms with E-state index in [0.717, 1.165) is 0 Å². The topological polar surface area (TPSA) is 109 Å². The number of nitrogens with zero attached hydrogens (tertiary/aromatic N) is 1. The van der Waals surface area contributed by atoms with Crippen molar-refractivity contribution in [1.29, 1.82) is 0 Å². The summed E-state index contributed by atoms with van der Waals surface area (Å²) in [4.78, 5) is 37.3. The number of piperidine rings is 1. The number of piperazine rings is 1. The first-order valence-electron chi connectivity index (χ1n) is 10.3. The molecule has 3 N–H and O–H groups in total. The van der Waals surface area contributed by atoms with E-state index < -0.39 is 35.5 Å². The second kappa shape index (κ2) is 9.09. The second-order valence-electron chi connectivity index (χ2n) is 8.63. The standard InChI is InChI=1S/C21H29FN4O5/c1-21(2,3)31-20(29)26-10-9-23-15(11-26)12-5-6-13(18(30-4)17(12)22)24-14-7-8-16(27)25-19(14)28/h5-6,14-15,23-24H,7-11H2,1-4H3,(H,25,27,28). The molecule has 2 unspecified atom stereocenters. The van der Waals surface area contributed by atoms with Crippen molar-refractivity contribution in [3.63, 3.8) is 0 Å². The monoisotopic (exact) mass is 436 g/mol. The van der Waals surface area contributed by atoms with Crippen molar-refractivity contribution >= 4 is 23.6 Å². The minimum absolute atomic E-state index is 0.0293. The number of benzene rings is 1. The maximum Gasteiger partial charge on any atom is 0.410 e. The summed E-state index contributed by atoms with van der Waals surface area (Å²) in [6.07, 6.45) is 0.0767. The number of rotatable bonds is 4. The van der Waals surface area contributed by atoms with Crippen molar-refractivity contribution in [2.75, 3.05) is 32.1 Å². The molecule has 1 aromatic rings. The second-order valence-corrected chi connectivity index (χ2v) is 8.63. The lowest BCUT2D eigenvalue weighted by Crippen LogP contribution is -2.50. The zero-order chi connectivity index (χ0) is 22.8. The number of halogens is 1. The number of ether oxygens (including phenoxy) is 2. The van der Waals surface area contributed by atoms with Crippen molar-refractivity contribution in [1.82, 2.24) is 15.5 Å². The predicted octanol–water partition coefficient (Wildman–Crippen LogP) is 1.93. The Hall–Kier alpha value is -2.88. The number of methoxy groups -OCH3 is 1. The third kappa shape index (κ3) is 5.43. The molecule has 0 aromatic heterocycles. The summed E-state index contributed by atoms with van der Waals surface area (Å²) >= 11 is 0. The quantitative estimate of drug-likeness (QED) is 0.619. The lowest BCUT2D eigenvalue weighted by atomic mass is 10.0. The van der Waals surface area contributed by atoms with Gasteiger partial charge in [0.15, 0.2) is 11.6 Å². The van der Waals surface area contributed by atoms with Crippen LogP contribution in [0.15, 0.2) is 12.1 Å². The van der Waals surface area contributed by atoms with Crippen LogP contribution in [-0.4, -0.2) is 61.2 Å². The van der Waals surface area contributed by atoms with Crippen LogP contribution in [0.4, 0.5) is 14.9 Å². The highest BCUT2D eigenvalue weighted by molar-refractivity contribution is 6.01. The molecule has 2 aliphatic rings. The summed E-state index contributed by atoms with van der Waals surface area (Å²) in [7, 11) is 1.35. The van der Waals surface area contributed by atoms with Crippen LogP contribution in [0.5, 0.6) is 5.75 Å². The number of imide groups is 1. The third-order valence-corrected chi connectivity index (χ3v) is 5.10. The molecule has 2 aliphatic heterocycles. The summed E-state index contributed by atoms with van der Waals surface area (Å²) in [5.41, 5.74) is 0.0481. The van der Waals surface area contributed by atoms with Gasteiger partial charge in [0.2, 0.25) is 11.8 Å². The molecule has 0 spiro atoms. The lowest BCUT2D eigenvalue weighted by molar-refractivity contribution is -0.133. The van der Waals surface area contributed by atoms with Gasteiger partial charge in [-0.15, -0.1) is 0 Å². The van der Waals surface area contributed by atoms with Crippen LogP contribution in [0.25, 0.3) is 0 Å². The minimum atomic E-state index is -0.660. The highest BCUT2D eigenvalue weighted by Gasteiger charge is 2.32.